The zero-order valence-electron chi connectivity index (χ0n) is 15.3. The number of aliphatic hydroxyl groups excluding tert-OH is 1. The molecule has 1 heterocycles. The lowest BCUT2D eigenvalue weighted by atomic mass is 10.1. The summed E-state index contributed by atoms with van der Waals surface area (Å²) < 4.78 is 31.5. The Morgan fingerprint density at radius 2 is 1.89 bits per heavy atom. The number of aliphatic hydroxyl groups is 1. The van der Waals surface area contributed by atoms with Crippen LogP contribution >= 0.6 is 31.9 Å². The van der Waals surface area contributed by atoms with Crippen molar-refractivity contribution in [3.05, 3.63) is 63.0 Å². The van der Waals surface area contributed by atoms with E-state index in [4.69, 9.17) is 4.74 Å². The number of rotatable bonds is 8. The second-order valence-corrected chi connectivity index (χ2v) is 11.1. The van der Waals surface area contributed by atoms with Crippen molar-refractivity contribution >= 4 is 41.7 Å². The lowest BCUT2D eigenvalue weighted by molar-refractivity contribution is 0.0524. The molecule has 1 N–H and O–H groups in total. The maximum absolute atomic E-state index is 12.0. The molecule has 2 unspecified atom stereocenters. The average Bonchev–Trinajstić information content (AvgIpc) is 3.01. The molecule has 2 atom stereocenters. The fourth-order valence-electron chi connectivity index (χ4n) is 3.32. The van der Waals surface area contributed by atoms with Crippen LogP contribution in [0.1, 0.15) is 12.0 Å². The number of nitrogens with zero attached hydrogens (tertiary/aromatic N) is 1. The van der Waals surface area contributed by atoms with E-state index in [1.165, 1.54) is 0 Å². The van der Waals surface area contributed by atoms with Crippen molar-refractivity contribution in [2.75, 3.05) is 24.7 Å². The van der Waals surface area contributed by atoms with Crippen LogP contribution in [0.2, 0.25) is 0 Å². The summed E-state index contributed by atoms with van der Waals surface area (Å²) in [5, 5.41) is 10.5. The van der Waals surface area contributed by atoms with Crippen molar-refractivity contribution in [1.82, 2.24) is 4.90 Å². The van der Waals surface area contributed by atoms with Crippen molar-refractivity contribution in [3.8, 4) is 5.75 Å². The average molecular weight is 533 g/mol. The van der Waals surface area contributed by atoms with E-state index in [1.807, 2.05) is 48.5 Å². The van der Waals surface area contributed by atoms with Crippen LogP contribution in [-0.2, 0) is 16.4 Å². The molecule has 0 bridgehead atoms. The van der Waals surface area contributed by atoms with Crippen LogP contribution in [0.15, 0.2) is 57.5 Å². The first-order valence-electron chi connectivity index (χ1n) is 9.06. The van der Waals surface area contributed by atoms with Gasteiger partial charge in [0, 0.05) is 28.1 Å². The molecule has 8 heteroatoms. The van der Waals surface area contributed by atoms with Crippen molar-refractivity contribution in [3.63, 3.8) is 0 Å². The van der Waals surface area contributed by atoms with E-state index in [9.17, 15) is 13.5 Å². The van der Waals surface area contributed by atoms with Crippen molar-refractivity contribution in [2.24, 2.45) is 0 Å². The molecule has 5 nitrogen and oxygen atoms in total. The molecule has 0 aromatic heterocycles. The van der Waals surface area contributed by atoms with Crippen molar-refractivity contribution in [2.45, 2.75) is 25.1 Å². The molecule has 0 radical (unpaired) electrons. The summed E-state index contributed by atoms with van der Waals surface area (Å²) in [7, 11) is -3.00. The molecule has 2 aromatic rings. The van der Waals surface area contributed by atoms with Crippen LogP contribution < -0.4 is 4.74 Å². The van der Waals surface area contributed by atoms with Gasteiger partial charge in [-0.1, -0.05) is 44.0 Å². The first-order valence-corrected chi connectivity index (χ1v) is 12.5. The third-order valence-electron chi connectivity index (χ3n) is 4.70. The van der Waals surface area contributed by atoms with E-state index in [0.29, 0.717) is 25.3 Å². The van der Waals surface area contributed by atoms with Gasteiger partial charge in [-0.05, 0) is 48.4 Å². The number of hydrogen-bond acceptors (Lipinski definition) is 5. The maximum Gasteiger partial charge on any atom is 0.151 e. The van der Waals surface area contributed by atoms with Gasteiger partial charge in [-0.2, -0.15) is 0 Å². The summed E-state index contributed by atoms with van der Waals surface area (Å²) in [6.45, 7) is 1.08. The Bertz CT molecular complexity index is 889. The molecule has 1 aliphatic rings. The number of sulfone groups is 1. The molecule has 1 fully saturated rings. The van der Waals surface area contributed by atoms with Crippen molar-refractivity contribution in [1.29, 1.82) is 0 Å². The largest absolute Gasteiger partial charge is 0.491 e. The summed E-state index contributed by atoms with van der Waals surface area (Å²) in [5.41, 5.74) is 1.07. The summed E-state index contributed by atoms with van der Waals surface area (Å²) in [6.07, 6.45) is -0.129. The zero-order valence-corrected chi connectivity index (χ0v) is 19.3. The van der Waals surface area contributed by atoms with Gasteiger partial charge < -0.3 is 9.84 Å². The van der Waals surface area contributed by atoms with Gasteiger partial charge in [0.05, 0.1) is 11.5 Å². The van der Waals surface area contributed by atoms with Crippen molar-refractivity contribution < 1.29 is 18.3 Å². The number of benzene rings is 2. The predicted octanol–water partition coefficient (Wildman–Crippen LogP) is 3.64. The molecule has 2 aromatic carbocycles. The Balaban J connectivity index is 1.64. The quantitative estimate of drug-likeness (QED) is 0.562. The first kappa shape index (κ1) is 21.8. The molecule has 152 valence electrons. The van der Waals surface area contributed by atoms with Crippen LogP contribution in [0.3, 0.4) is 0 Å². The minimum atomic E-state index is -3.00. The fourth-order valence-corrected chi connectivity index (χ4v) is 5.80. The maximum atomic E-state index is 12.0. The Hall–Kier alpha value is -0.930. The third-order valence-corrected chi connectivity index (χ3v) is 7.47. The predicted molar refractivity (Wildman–Crippen MR) is 117 cm³/mol. The Labute approximate surface area is 182 Å². The van der Waals surface area contributed by atoms with Gasteiger partial charge in [0.15, 0.2) is 9.84 Å². The smallest absolute Gasteiger partial charge is 0.151 e. The molecular weight excluding hydrogens is 510 g/mol. The van der Waals surface area contributed by atoms with Crippen LogP contribution in [0.5, 0.6) is 5.75 Å². The normalized spacial score (nSPS) is 19.6. The summed E-state index contributed by atoms with van der Waals surface area (Å²) in [4.78, 5) is 2.06. The molecular formula is C20H23Br2NO4S. The topological polar surface area (TPSA) is 66.8 Å². The molecule has 3 rings (SSSR count). The van der Waals surface area contributed by atoms with Crippen LogP contribution in [0, 0.1) is 0 Å². The summed E-state index contributed by atoms with van der Waals surface area (Å²) >= 11 is 6.85. The van der Waals surface area contributed by atoms with Gasteiger partial charge in [-0.25, -0.2) is 8.42 Å². The lowest BCUT2D eigenvalue weighted by Gasteiger charge is -2.30. The minimum absolute atomic E-state index is 0.0914. The summed E-state index contributed by atoms with van der Waals surface area (Å²) in [5.74, 6) is 1.03. The highest BCUT2D eigenvalue weighted by atomic mass is 79.9. The van der Waals surface area contributed by atoms with Gasteiger partial charge >= 0.3 is 0 Å². The van der Waals surface area contributed by atoms with Gasteiger partial charge in [-0.3, -0.25) is 4.90 Å². The summed E-state index contributed by atoms with van der Waals surface area (Å²) in [6, 6.07) is 15.3. The third kappa shape index (κ3) is 6.56. The van der Waals surface area contributed by atoms with Crippen LogP contribution in [-0.4, -0.2) is 55.2 Å². The van der Waals surface area contributed by atoms with Crippen LogP contribution in [0.4, 0.5) is 0 Å². The SMILES string of the molecule is O=S1(=O)CCC(N(Cc2cccc(Br)c2)CC(O)COc2ccc(Br)cc2)C1. The molecule has 0 amide bonds. The highest BCUT2D eigenvalue weighted by molar-refractivity contribution is 9.10. The van der Waals surface area contributed by atoms with E-state index in [1.54, 1.807) is 0 Å². The van der Waals surface area contributed by atoms with Crippen LogP contribution in [0.25, 0.3) is 0 Å². The second kappa shape index (κ2) is 9.71. The van der Waals surface area contributed by atoms with E-state index >= 15 is 0 Å². The molecule has 0 spiro atoms. The lowest BCUT2D eigenvalue weighted by Crippen LogP contribution is -2.42. The molecule has 0 saturated carbocycles. The highest BCUT2D eigenvalue weighted by Gasteiger charge is 2.33. The number of ether oxygens (including phenoxy) is 1. The number of halogens is 2. The van der Waals surface area contributed by atoms with E-state index in [-0.39, 0.29) is 24.2 Å². The van der Waals surface area contributed by atoms with Gasteiger partial charge in [0.25, 0.3) is 0 Å². The molecule has 0 aliphatic carbocycles. The van der Waals surface area contributed by atoms with E-state index in [2.05, 4.69) is 36.8 Å². The zero-order chi connectivity index (χ0) is 20.1. The van der Waals surface area contributed by atoms with E-state index in [0.717, 1.165) is 14.5 Å². The first-order chi connectivity index (χ1) is 13.3. The minimum Gasteiger partial charge on any atom is -0.491 e. The van der Waals surface area contributed by atoms with E-state index < -0.39 is 15.9 Å². The second-order valence-electron chi connectivity index (χ2n) is 7.03. The standard InChI is InChI=1S/C20H23Br2NO4S/c21-16-4-6-20(7-5-16)27-13-19(24)12-23(18-8-9-28(25,26)14-18)11-15-2-1-3-17(22)10-15/h1-7,10,18-19,24H,8-9,11-14H2. The highest BCUT2D eigenvalue weighted by Crippen LogP contribution is 2.22. The monoisotopic (exact) mass is 531 g/mol. The van der Waals surface area contributed by atoms with Gasteiger partial charge in [-0.15, -0.1) is 0 Å². The van der Waals surface area contributed by atoms with Gasteiger partial charge in [0.2, 0.25) is 0 Å². The Kier molecular flexibility index (Phi) is 7.55. The Morgan fingerprint density at radius 3 is 2.54 bits per heavy atom. The fraction of sp³-hybridized carbons (Fsp3) is 0.400. The molecule has 1 aliphatic heterocycles. The molecule has 1 saturated heterocycles. The number of hydrogen-bond donors (Lipinski definition) is 1. The molecule has 28 heavy (non-hydrogen) atoms. The van der Waals surface area contributed by atoms with Gasteiger partial charge in [0.1, 0.15) is 18.5 Å². The Morgan fingerprint density at radius 1 is 1.14 bits per heavy atom.